The number of aromatic amines is 2. The lowest BCUT2D eigenvalue weighted by Crippen LogP contribution is -2.58. The van der Waals surface area contributed by atoms with Crippen molar-refractivity contribution in [2.45, 2.75) is 63.3 Å². The number of hydrogen-bond acceptors (Lipinski definition) is 4. The van der Waals surface area contributed by atoms with Gasteiger partial charge < -0.3 is 9.88 Å². The van der Waals surface area contributed by atoms with Crippen molar-refractivity contribution >= 4 is 5.91 Å². The number of likely N-dealkylation sites (N-methyl/N-ethyl adjacent to an activating group) is 1. The maximum absolute atomic E-state index is 12.7. The number of aromatic nitrogens is 2. The number of hydrogen-bond donors (Lipinski definition) is 2. The minimum atomic E-state index is -0.550. The third kappa shape index (κ3) is 4.26. The molecule has 0 bridgehead atoms. The molecule has 2 aliphatic rings. The molecule has 1 aliphatic carbocycles. The van der Waals surface area contributed by atoms with Crippen LogP contribution in [0.15, 0.2) is 15.8 Å². The van der Waals surface area contributed by atoms with Gasteiger partial charge in [-0.25, -0.2) is 4.79 Å². The van der Waals surface area contributed by atoms with E-state index in [-0.39, 0.29) is 17.9 Å². The van der Waals surface area contributed by atoms with E-state index >= 15 is 0 Å². The van der Waals surface area contributed by atoms with E-state index in [2.05, 4.69) is 14.9 Å². The molecular formula is C19H30N4O3. The molecule has 0 spiro atoms. The molecule has 1 aromatic heterocycles. The highest BCUT2D eigenvalue weighted by Crippen LogP contribution is 2.36. The largest absolute Gasteiger partial charge is 0.344 e. The summed E-state index contributed by atoms with van der Waals surface area (Å²) in [6.07, 6.45) is 11.1. The molecule has 7 nitrogen and oxygen atoms in total. The van der Waals surface area contributed by atoms with Crippen LogP contribution < -0.4 is 11.2 Å². The SMILES string of the molecule is CN(CC1(N2CCCCC2)CCCCC1)C(=O)Cc1c[nH]c(=O)[nH]c1=O. The van der Waals surface area contributed by atoms with E-state index in [1.54, 1.807) is 4.90 Å². The lowest BCUT2D eigenvalue weighted by atomic mass is 9.78. The van der Waals surface area contributed by atoms with Gasteiger partial charge in [0, 0.05) is 30.9 Å². The highest BCUT2D eigenvalue weighted by Gasteiger charge is 2.39. The lowest BCUT2D eigenvalue weighted by molar-refractivity contribution is -0.132. The maximum atomic E-state index is 12.7. The Labute approximate surface area is 153 Å². The van der Waals surface area contributed by atoms with Gasteiger partial charge in [0.15, 0.2) is 0 Å². The first kappa shape index (κ1) is 18.9. The quantitative estimate of drug-likeness (QED) is 0.825. The van der Waals surface area contributed by atoms with Gasteiger partial charge in [0.2, 0.25) is 5.91 Å². The number of rotatable bonds is 5. The summed E-state index contributed by atoms with van der Waals surface area (Å²) >= 11 is 0. The van der Waals surface area contributed by atoms with Crippen molar-refractivity contribution in [3.63, 3.8) is 0 Å². The van der Waals surface area contributed by atoms with Crippen LogP contribution in [0.2, 0.25) is 0 Å². The van der Waals surface area contributed by atoms with Crippen LogP contribution in [-0.4, -0.2) is 57.9 Å². The number of nitrogens with one attached hydrogen (secondary N) is 2. The third-order valence-electron chi connectivity index (χ3n) is 6.01. The molecular weight excluding hydrogens is 332 g/mol. The summed E-state index contributed by atoms with van der Waals surface area (Å²) < 4.78 is 0. The number of piperidine rings is 1. The van der Waals surface area contributed by atoms with E-state index in [0.29, 0.717) is 12.1 Å². The van der Waals surface area contributed by atoms with Gasteiger partial charge in [0.05, 0.1) is 6.42 Å². The van der Waals surface area contributed by atoms with Gasteiger partial charge in [-0.1, -0.05) is 25.7 Å². The van der Waals surface area contributed by atoms with Crippen LogP contribution in [0.5, 0.6) is 0 Å². The van der Waals surface area contributed by atoms with Gasteiger partial charge in [0.25, 0.3) is 5.56 Å². The molecule has 1 saturated heterocycles. The van der Waals surface area contributed by atoms with Crippen LogP contribution >= 0.6 is 0 Å². The molecule has 144 valence electrons. The van der Waals surface area contributed by atoms with E-state index < -0.39 is 11.2 Å². The van der Waals surface area contributed by atoms with Crippen molar-refractivity contribution in [3.05, 3.63) is 32.6 Å². The molecule has 1 saturated carbocycles. The van der Waals surface area contributed by atoms with Crippen molar-refractivity contribution in [3.8, 4) is 0 Å². The summed E-state index contributed by atoms with van der Waals surface area (Å²) in [5, 5.41) is 0. The summed E-state index contributed by atoms with van der Waals surface area (Å²) in [4.78, 5) is 44.7. The van der Waals surface area contributed by atoms with Crippen molar-refractivity contribution in [2.75, 3.05) is 26.7 Å². The Balaban J connectivity index is 1.70. The predicted molar refractivity (Wildman–Crippen MR) is 100 cm³/mol. The van der Waals surface area contributed by atoms with E-state index in [1.165, 1.54) is 44.7 Å². The lowest BCUT2D eigenvalue weighted by Gasteiger charge is -2.49. The van der Waals surface area contributed by atoms with Gasteiger partial charge in [-0.05, 0) is 38.8 Å². The number of carbonyl (C=O) groups is 1. The first-order chi connectivity index (χ1) is 12.5. The summed E-state index contributed by atoms with van der Waals surface area (Å²) in [7, 11) is 1.84. The number of H-pyrrole nitrogens is 2. The smallest absolute Gasteiger partial charge is 0.325 e. The summed E-state index contributed by atoms with van der Waals surface area (Å²) in [5.74, 6) is -0.0792. The van der Waals surface area contributed by atoms with Gasteiger partial charge in [-0.2, -0.15) is 0 Å². The van der Waals surface area contributed by atoms with Crippen LogP contribution in [0.1, 0.15) is 56.9 Å². The minimum absolute atomic E-state index is 0.0126. The number of nitrogens with zero attached hydrogens (tertiary/aromatic N) is 2. The monoisotopic (exact) mass is 362 g/mol. The fraction of sp³-hybridized carbons (Fsp3) is 0.737. The van der Waals surface area contributed by atoms with E-state index in [0.717, 1.165) is 25.9 Å². The molecule has 26 heavy (non-hydrogen) atoms. The maximum Gasteiger partial charge on any atom is 0.325 e. The molecule has 1 aromatic rings. The van der Waals surface area contributed by atoms with Gasteiger partial charge in [-0.3, -0.25) is 19.5 Å². The Morgan fingerprint density at radius 2 is 1.77 bits per heavy atom. The summed E-state index contributed by atoms with van der Waals surface area (Å²) in [6, 6.07) is 0. The molecule has 3 rings (SSSR count). The highest BCUT2D eigenvalue weighted by atomic mass is 16.2. The van der Waals surface area contributed by atoms with Crippen molar-refractivity contribution in [1.29, 1.82) is 0 Å². The number of carbonyl (C=O) groups excluding carboxylic acids is 1. The Morgan fingerprint density at radius 1 is 1.12 bits per heavy atom. The van der Waals surface area contributed by atoms with Crippen LogP contribution in [-0.2, 0) is 11.2 Å². The summed E-state index contributed by atoms with van der Waals surface area (Å²) in [5.41, 5.74) is -0.651. The highest BCUT2D eigenvalue weighted by molar-refractivity contribution is 5.78. The van der Waals surface area contributed by atoms with Crippen LogP contribution in [0, 0.1) is 0 Å². The molecule has 0 radical (unpaired) electrons. The first-order valence-electron chi connectivity index (χ1n) is 9.80. The third-order valence-corrected chi connectivity index (χ3v) is 6.01. The number of amides is 1. The fourth-order valence-corrected chi connectivity index (χ4v) is 4.55. The molecule has 1 amide bonds. The molecule has 0 aromatic carbocycles. The average Bonchev–Trinajstić information content (AvgIpc) is 2.65. The van der Waals surface area contributed by atoms with Crippen LogP contribution in [0.25, 0.3) is 0 Å². The van der Waals surface area contributed by atoms with Crippen LogP contribution in [0.3, 0.4) is 0 Å². The second-order valence-corrected chi connectivity index (χ2v) is 7.86. The van der Waals surface area contributed by atoms with Gasteiger partial charge in [-0.15, -0.1) is 0 Å². The fourth-order valence-electron chi connectivity index (χ4n) is 4.55. The standard InChI is InChI=1S/C19H30N4O3/c1-22(16(24)12-15-13-20-18(26)21-17(15)25)14-19(8-4-2-5-9-19)23-10-6-3-7-11-23/h13H,2-12,14H2,1H3,(H2,20,21,25,26). The van der Waals surface area contributed by atoms with Gasteiger partial charge in [0.1, 0.15) is 0 Å². The zero-order chi connectivity index (χ0) is 18.6. The van der Waals surface area contributed by atoms with E-state index in [1.807, 2.05) is 7.05 Å². The van der Waals surface area contributed by atoms with Crippen LogP contribution in [0.4, 0.5) is 0 Å². The topological polar surface area (TPSA) is 89.3 Å². The van der Waals surface area contributed by atoms with Crippen molar-refractivity contribution in [2.24, 2.45) is 0 Å². The second kappa shape index (κ2) is 8.20. The summed E-state index contributed by atoms with van der Waals surface area (Å²) in [6.45, 7) is 2.97. The molecule has 2 N–H and O–H groups in total. The molecule has 2 fully saturated rings. The zero-order valence-electron chi connectivity index (χ0n) is 15.7. The molecule has 7 heteroatoms. The second-order valence-electron chi connectivity index (χ2n) is 7.86. The first-order valence-corrected chi connectivity index (χ1v) is 9.80. The average molecular weight is 362 g/mol. The number of likely N-dealkylation sites (tertiary alicyclic amines) is 1. The molecule has 1 aliphatic heterocycles. The molecule has 0 unspecified atom stereocenters. The normalized spacial score (nSPS) is 20.7. The minimum Gasteiger partial charge on any atom is -0.344 e. The Morgan fingerprint density at radius 3 is 2.42 bits per heavy atom. The zero-order valence-corrected chi connectivity index (χ0v) is 15.7. The Bertz CT molecular complexity index is 727. The molecule has 0 atom stereocenters. The van der Waals surface area contributed by atoms with Crippen molar-refractivity contribution in [1.82, 2.24) is 19.8 Å². The van der Waals surface area contributed by atoms with Crippen molar-refractivity contribution < 1.29 is 4.79 Å². The van der Waals surface area contributed by atoms with E-state index in [4.69, 9.17) is 0 Å². The molecule has 2 heterocycles. The van der Waals surface area contributed by atoms with Gasteiger partial charge >= 0.3 is 5.69 Å². The predicted octanol–water partition coefficient (Wildman–Crippen LogP) is 1.25. The Hall–Kier alpha value is -1.89. The Kier molecular flexibility index (Phi) is 5.96. The van der Waals surface area contributed by atoms with E-state index in [9.17, 15) is 14.4 Å².